The molecule has 0 aromatic heterocycles. The van der Waals surface area contributed by atoms with E-state index in [1.807, 2.05) is 5.32 Å². The number of carbonyl (C=O) groups excluding carboxylic acids is 1. The first-order valence-corrected chi connectivity index (χ1v) is 10.9. The van der Waals surface area contributed by atoms with E-state index in [1.54, 1.807) is 6.92 Å². The molecular formula is C21H18Cl2F9N3O2. The van der Waals surface area contributed by atoms with E-state index in [0.717, 1.165) is 12.1 Å². The number of nitrogens with one attached hydrogen (secondary N) is 3. The molecule has 16 heteroatoms. The molecule has 2 aromatic rings. The van der Waals surface area contributed by atoms with Crippen molar-refractivity contribution in [3.05, 3.63) is 62.6 Å². The van der Waals surface area contributed by atoms with Crippen LogP contribution in [0.2, 0.25) is 10.0 Å². The van der Waals surface area contributed by atoms with Gasteiger partial charge >= 0.3 is 24.6 Å². The summed E-state index contributed by atoms with van der Waals surface area (Å²) in [5, 5.41) is 14.9. The molecule has 2 aromatic carbocycles. The summed E-state index contributed by atoms with van der Waals surface area (Å²) in [6, 6.07) is 1.84. The van der Waals surface area contributed by atoms with Crippen LogP contribution in [0.5, 0.6) is 0 Å². The van der Waals surface area contributed by atoms with Crippen molar-refractivity contribution in [2.45, 2.75) is 37.6 Å². The van der Waals surface area contributed by atoms with Crippen LogP contribution in [0.4, 0.5) is 50.0 Å². The van der Waals surface area contributed by atoms with E-state index in [4.69, 9.17) is 23.2 Å². The summed E-state index contributed by atoms with van der Waals surface area (Å²) in [6.07, 6.45) is -15.8. The van der Waals surface area contributed by atoms with Crippen molar-refractivity contribution in [3.63, 3.8) is 0 Å². The Bertz CT molecular complexity index is 1140. The molecule has 0 aliphatic carbocycles. The summed E-state index contributed by atoms with van der Waals surface area (Å²) in [6.45, 7) is -0.381. The first-order chi connectivity index (χ1) is 16.8. The van der Waals surface area contributed by atoms with Gasteiger partial charge in [0.25, 0.3) is 0 Å². The lowest BCUT2D eigenvalue weighted by Gasteiger charge is -2.32. The first kappa shape index (κ1) is 30.6. The molecule has 2 amide bonds. The van der Waals surface area contributed by atoms with Gasteiger partial charge in [-0.25, -0.2) is 4.79 Å². The van der Waals surface area contributed by atoms with Crippen LogP contribution in [-0.4, -0.2) is 30.4 Å². The average Bonchev–Trinajstić information content (AvgIpc) is 2.76. The fourth-order valence-electron chi connectivity index (χ4n) is 3.13. The number of rotatable bonds is 7. The van der Waals surface area contributed by atoms with Crippen LogP contribution in [0.25, 0.3) is 0 Å². The third-order valence-electron chi connectivity index (χ3n) is 5.02. The number of aliphatic hydroxyl groups is 1. The van der Waals surface area contributed by atoms with E-state index in [-0.39, 0.29) is 12.6 Å². The van der Waals surface area contributed by atoms with Crippen molar-refractivity contribution < 1.29 is 49.4 Å². The average molecular weight is 586 g/mol. The van der Waals surface area contributed by atoms with Crippen LogP contribution >= 0.6 is 23.2 Å². The van der Waals surface area contributed by atoms with Crippen molar-refractivity contribution in [1.82, 2.24) is 10.6 Å². The van der Waals surface area contributed by atoms with Crippen molar-refractivity contribution >= 4 is 34.9 Å². The van der Waals surface area contributed by atoms with Gasteiger partial charge < -0.3 is 21.1 Å². The molecule has 206 valence electrons. The molecule has 2 rings (SSSR count). The zero-order valence-corrected chi connectivity index (χ0v) is 20.0. The summed E-state index contributed by atoms with van der Waals surface area (Å²) in [5.74, 6) is 0. The Kier molecular flexibility index (Phi) is 9.14. The van der Waals surface area contributed by atoms with Gasteiger partial charge in [0.1, 0.15) is 0 Å². The highest BCUT2D eigenvalue weighted by molar-refractivity contribution is 6.42. The highest BCUT2D eigenvalue weighted by Gasteiger charge is 2.56. The molecule has 0 aliphatic rings. The predicted octanol–water partition coefficient (Wildman–Crippen LogP) is 6.71. The van der Waals surface area contributed by atoms with Crippen LogP contribution in [0.1, 0.15) is 29.2 Å². The molecule has 0 spiro atoms. The lowest BCUT2D eigenvalue weighted by molar-refractivity contribution is -0.260. The molecule has 1 atom stereocenters. The van der Waals surface area contributed by atoms with Crippen LogP contribution < -0.4 is 16.0 Å². The van der Waals surface area contributed by atoms with Gasteiger partial charge in [-0.1, -0.05) is 29.3 Å². The number of anilines is 1. The van der Waals surface area contributed by atoms with Gasteiger partial charge in [0.2, 0.25) is 5.60 Å². The van der Waals surface area contributed by atoms with Gasteiger partial charge in [0.05, 0.1) is 27.7 Å². The molecule has 37 heavy (non-hydrogen) atoms. The highest BCUT2D eigenvalue weighted by atomic mass is 35.5. The fourth-order valence-corrected chi connectivity index (χ4v) is 3.57. The van der Waals surface area contributed by atoms with Crippen LogP contribution in [0.3, 0.4) is 0 Å². The second-order valence-electron chi connectivity index (χ2n) is 7.61. The van der Waals surface area contributed by atoms with E-state index in [0.29, 0.717) is 12.1 Å². The molecular weight excluding hydrogens is 568 g/mol. The maximum Gasteiger partial charge on any atom is 0.423 e. The van der Waals surface area contributed by atoms with Crippen LogP contribution in [0, 0.1) is 0 Å². The van der Waals surface area contributed by atoms with Gasteiger partial charge in [-0.2, -0.15) is 39.5 Å². The summed E-state index contributed by atoms with van der Waals surface area (Å²) >= 11 is 11.0. The number of halogens is 11. The Morgan fingerprint density at radius 2 is 1.49 bits per heavy atom. The van der Waals surface area contributed by atoms with Crippen LogP contribution in [-0.2, 0) is 24.5 Å². The molecule has 0 radical (unpaired) electrons. The monoisotopic (exact) mass is 585 g/mol. The van der Waals surface area contributed by atoms with Crippen molar-refractivity contribution in [1.29, 1.82) is 0 Å². The molecule has 5 nitrogen and oxygen atoms in total. The Labute approximate surface area is 213 Å². The third kappa shape index (κ3) is 7.26. The van der Waals surface area contributed by atoms with E-state index >= 15 is 0 Å². The minimum absolute atomic E-state index is 0.0410. The number of urea groups is 1. The molecule has 0 aliphatic heterocycles. The highest BCUT2D eigenvalue weighted by Crippen LogP contribution is 2.45. The molecule has 0 saturated heterocycles. The van der Waals surface area contributed by atoms with E-state index in [1.165, 1.54) is 0 Å². The smallest absolute Gasteiger partial charge is 0.381 e. The Morgan fingerprint density at radius 3 is 2.00 bits per heavy atom. The maximum atomic E-state index is 13.9. The standard InChI is InChI=1S/C21H18Cl2F9N3O2/c1-2-33-17(36)34-8-10-3-4-12(7-13(10)19(24,25)26)35-9-18(37,21(30,31)32)11-5-14(20(27,28)29)16(23)15(22)6-11/h3-7,35,37H,2,8-9H2,1H3,(H2,33,34,36)/t18-/m1/s1. The van der Waals surface area contributed by atoms with Crippen molar-refractivity contribution in [2.75, 3.05) is 18.4 Å². The molecule has 0 unspecified atom stereocenters. The Morgan fingerprint density at radius 1 is 0.892 bits per heavy atom. The molecule has 4 N–H and O–H groups in total. The number of carbonyl (C=O) groups is 1. The summed E-state index contributed by atoms with van der Waals surface area (Å²) in [5.41, 5.74) is -9.38. The van der Waals surface area contributed by atoms with Gasteiger partial charge in [-0.15, -0.1) is 0 Å². The van der Waals surface area contributed by atoms with Gasteiger partial charge in [-0.3, -0.25) is 0 Å². The second kappa shape index (κ2) is 11.0. The topological polar surface area (TPSA) is 73.4 Å². The first-order valence-electron chi connectivity index (χ1n) is 10.1. The Balaban J connectivity index is 2.45. The lowest BCUT2D eigenvalue weighted by atomic mass is 9.91. The number of alkyl halides is 9. The lowest BCUT2D eigenvalue weighted by Crippen LogP contribution is -2.48. The van der Waals surface area contributed by atoms with Crippen molar-refractivity contribution in [3.8, 4) is 0 Å². The zero-order valence-electron chi connectivity index (χ0n) is 18.5. The molecule has 0 saturated carbocycles. The number of hydrogen-bond acceptors (Lipinski definition) is 3. The number of amides is 2. The normalized spacial score (nSPS) is 14.2. The van der Waals surface area contributed by atoms with Crippen LogP contribution in [0.15, 0.2) is 30.3 Å². The zero-order chi connectivity index (χ0) is 28.4. The van der Waals surface area contributed by atoms with Crippen molar-refractivity contribution in [2.24, 2.45) is 0 Å². The van der Waals surface area contributed by atoms with E-state index in [2.05, 4.69) is 10.6 Å². The molecule has 0 heterocycles. The molecule has 0 bridgehead atoms. The second-order valence-corrected chi connectivity index (χ2v) is 8.40. The molecule has 0 fully saturated rings. The SMILES string of the molecule is CCNC(=O)NCc1ccc(NC[C@@](O)(c2cc(Cl)c(Cl)c(C(F)(F)F)c2)C(F)(F)F)cc1C(F)(F)F. The predicted molar refractivity (Wildman–Crippen MR) is 117 cm³/mol. The summed E-state index contributed by atoms with van der Waals surface area (Å²) in [7, 11) is 0. The number of benzene rings is 2. The maximum absolute atomic E-state index is 13.9. The minimum Gasteiger partial charge on any atom is -0.381 e. The van der Waals surface area contributed by atoms with E-state index in [9.17, 15) is 49.4 Å². The number of hydrogen-bond donors (Lipinski definition) is 4. The quantitative estimate of drug-likeness (QED) is 0.273. The van der Waals surface area contributed by atoms with Gasteiger partial charge in [0.15, 0.2) is 0 Å². The van der Waals surface area contributed by atoms with E-state index < -0.39 is 81.2 Å². The summed E-state index contributed by atoms with van der Waals surface area (Å²) in [4.78, 5) is 11.5. The third-order valence-corrected chi connectivity index (χ3v) is 5.82. The largest absolute Gasteiger partial charge is 0.423 e. The van der Waals surface area contributed by atoms with Gasteiger partial charge in [0, 0.05) is 18.8 Å². The summed E-state index contributed by atoms with van der Waals surface area (Å²) < 4.78 is 122. The Hall–Kier alpha value is -2.58. The minimum atomic E-state index is -5.59. The van der Waals surface area contributed by atoms with Gasteiger partial charge in [-0.05, 0) is 42.3 Å². The fraction of sp³-hybridized carbons (Fsp3) is 0.381.